The summed E-state index contributed by atoms with van der Waals surface area (Å²) in [7, 11) is 0. The molecule has 0 amide bonds. The van der Waals surface area contributed by atoms with Gasteiger partial charge in [0.25, 0.3) is 0 Å². The number of alkyl halides is 1. The van der Waals surface area contributed by atoms with E-state index in [1.807, 2.05) is 0 Å². The van der Waals surface area contributed by atoms with E-state index in [1.165, 1.54) is 0 Å². The number of halogens is 1. The minimum atomic E-state index is -0.337. The average molecular weight is 271 g/mol. The van der Waals surface area contributed by atoms with Crippen molar-refractivity contribution < 1.29 is 4.42 Å². The number of fused-ring (bicyclic) bond motifs is 1. The Labute approximate surface area is 95.0 Å². The molecule has 0 saturated carbocycles. The van der Waals surface area contributed by atoms with Crippen molar-refractivity contribution in [3.63, 3.8) is 0 Å². The normalized spacial score (nSPS) is 13.2. The van der Waals surface area contributed by atoms with E-state index in [0.29, 0.717) is 23.7 Å². The van der Waals surface area contributed by atoms with Gasteiger partial charge < -0.3 is 4.42 Å². The number of pyridine rings is 1. The highest BCUT2D eigenvalue weighted by molar-refractivity contribution is 9.09. The molecule has 0 N–H and O–H groups in total. The lowest BCUT2D eigenvalue weighted by atomic mass is 10.2. The van der Waals surface area contributed by atoms with Crippen LogP contribution in [0.25, 0.3) is 11.2 Å². The monoisotopic (exact) mass is 270 g/mol. The summed E-state index contributed by atoms with van der Waals surface area (Å²) in [5.74, 6) is 0.0296. The van der Waals surface area contributed by atoms with Crippen molar-refractivity contribution in [3.05, 3.63) is 28.9 Å². The molecule has 0 aromatic carbocycles. The largest absolute Gasteiger partial charge is 0.421 e. The molecule has 80 valence electrons. The zero-order valence-corrected chi connectivity index (χ0v) is 9.90. The van der Waals surface area contributed by atoms with E-state index >= 15 is 0 Å². The zero-order valence-electron chi connectivity index (χ0n) is 8.31. The first-order valence-corrected chi connectivity index (χ1v) is 5.85. The first-order valence-electron chi connectivity index (χ1n) is 4.72. The zero-order chi connectivity index (χ0) is 10.8. The second-order valence-electron chi connectivity index (χ2n) is 3.56. The molecule has 2 aromatic heterocycles. The fourth-order valence-electron chi connectivity index (χ4n) is 1.42. The standard InChI is InChI=1S/C10H11BrN2O2/c1-7(5-11)6-13-9-8(15-10(13)14)3-2-4-12-9/h2-4,7H,5-6H2,1H3. The van der Waals surface area contributed by atoms with Gasteiger partial charge in [0.15, 0.2) is 11.2 Å². The maximum atomic E-state index is 11.5. The molecule has 15 heavy (non-hydrogen) atoms. The third-order valence-electron chi connectivity index (χ3n) is 2.18. The lowest BCUT2D eigenvalue weighted by molar-refractivity contribution is 0.462. The van der Waals surface area contributed by atoms with Crippen LogP contribution in [-0.4, -0.2) is 14.9 Å². The molecule has 1 atom stereocenters. The Morgan fingerprint density at radius 3 is 3.20 bits per heavy atom. The number of hydrogen-bond donors (Lipinski definition) is 0. The van der Waals surface area contributed by atoms with E-state index in [4.69, 9.17) is 4.42 Å². The summed E-state index contributed by atoms with van der Waals surface area (Å²) >= 11 is 3.38. The number of nitrogens with zero attached hydrogens (tertiary/aromatic N) is 2. The molecule has 2 rings (SSSR count). The Bertz CT molecular complexity index is 517. The third-order valence-corrected chi connectivity index (χ3v) is 3.29. The Morgan fingerprint density at radius 2 is 2.47 bits per heavy atom. The van der Waals surface area contributed by atoms with E-state index in [9.17, 15) is 4.79 Å². The van der Waals surface area contributed by atoms with Gasteiger partial charge in [-0.2, -0.15) is 0 Å². The van der Waals surface area contributed by atoms with Crippen LogP contribution >= 0.6 is 15.9 Å². The molecule has 0 aliphatic carbocycles. The van der Waals surface area contributed by atoms with Crippen LogP contribution in [0, 0.1) is 5.92 Å². The molecule has 0 spiro atoms. The highest BCUT2D eigenvalue weighted by atomic mass is 79.9. The smallest absolute Gasteiger partial charge is 0.406 e. The number of aromatic nitrogens is 2. The molecule has 0 aliphatic rings. The predicted molar refractivity (Wildman–Crippen MR) is 61.2 cm³/mol. The molecule has 5 heteroatoms. The fourth-order valence-corrected chi connectivity index (χ4v) is 1.63. The molecule has 0 bridgehead atoms. The third kappa shape index (κ3) is 1.97. The summed E-state index contributed by atoms with van der Waals surface area (Å²) < 4.78 is 6.64. The van der Waals surface area contributed by atoms with Crippen molar-refractivity contribution in [2.45, 2.75) is 13.5 Å². The maximum Gasteiger partial charge on any atom is 0.421 e. The summed E-state index contributed by atoms with van der Waals surface area (Å²) in [6, 6.07) is 3.50. The van der Waals surface area contributed by atoms with E-state index in [2.05, 4.69) is 27.8 Å². The number of hydrogen-bond acceptors (Lipinski definition) is 3. The fraction of sp³-hybridized carbons (Fsp3) is 0.400. The molecule has 4 nitrogen and oxygen atoms in total. The SMILES string of the molecule is CC(CBr)Cn1c(=O)oc2cccnc21. The molecule has 2 heterocycles. The Morgan fingerprint density at radius 1 is 1.67 bits per heavy atom. The molecule has 0 radical (unpaired) electrons. The Hall–Kier alpha value is -1.10. The van der Waals surface area contributed by atoms with Gasteiger partial charge in [0, 0.05) is 18.1 Å². The van der Waals surface area contributed by atoms with Crippen molar-refractivity contribution in [1.82, 2.24) is 9.55 Å². The second kappa shape index (κ2) is 4.18. The van der Waals surface area contributed by atoms with Crippen molar-refractivity contribution in [2.24, 2.45) is 5.92 Å². The van der Waals surface area contributed by atoms with Crippen LogP contribution in [0.5, 0.6) is 0 Å². The molecule has 1 unspecified atom stereocenters. The van der Waals surface area contributed by atoms with Gasteiger partial charge in [0.1, 0.15) is 0 Å². The maximum absolute atomic E-state index is 11.5. The number of oxazole rings is 1. The lowest BCUT2D eigenvalue weighted by Crippen LogP contribution is -2.19. The van der Waals surface area contributed by atoms with Crippen molar-refractivity contribution in [3.8, 4) is 0 Å². The molecule has 0 saturated heterocycles. The van der Waals surface area contributed by atoms with Crippen molar-refractivity contribution >= 4 is 27.2 Å². The highest BCUT2D eigenvalue weighted by Gasteiger charge is 2.11. The van der Waals surface area contributed by atoms with Gasteiger partial charge in [-0.3, -0.25) is 4.57 Å². The minimum absolute atomic E-state index is 0.337. The second-order valence-corrected chi connectivity index (χ2v) is 4.21. The van der Waals surface area contributed by atoms with E-state index in [-0.39, 0.29) is 5.76 Å². The first-order chi connectivity index (χ1) is 7.22. The van der Waals surface area contributed by atoms with Gasteiger partial charge >= 0.3 is 5.76 Å². The Balaban J connectivity index is 2.50. The van der Waals surface area contributed by atoms with Crippen molar-refractivity contribution in [1.29, 1.82) is 0 Å². The summed E-state index contributed by atoms with van der Waals surface area (Å²) in [4.78, 5) is 15.7. The van der Waals surface area contributed by atoms with Gasteiger partial charge in [-0.25, -0.2) is 9.78 Å². The predicted octanol–water partition coefficient (Wildman–Crippen LogP) is 2.02. The van der Waals surface area contributed by atoms with Crippen molar-refractivity contribution in [2.75, 3.05) is 5.33 Å². The summed E-state index contributed by atoms with van der Waals surface area (Å²) in [6.07, 6.45) is 1.66. The van der Waals surface area contributed by atoms with Crippen LogP contribution in [0.15, 0.2) is 27.5 Å². The van der Waals surface area contributed by atoms with Gasteiger partial charge in [-0.1, -0.05) is 22.9 Å². The van der Waals surface area contributed by atoms with Gasteiger partial charge in [0.05, 0.1) is 0 Å². The topological polar surface area (TPSA) is 48.0 Å². The summed E-state index contributed by atoms with van der Waals surface area (Å²) in [5.41, 5.74) is 1.17. The van der Waals surface area contributed by atoms with Crippen LogP contribution in [-0.2, 0) is 6.54 Å². The van der Waals surface area contributed by atoms with Gasteiger partial charge in [-0.05, 0) is 18.1 Å². The quantitative estimate of drug-likeness (QED) is 0.802. The van der Waals surface area contributed by atoms with E-state index in [1.54, 1.807) is 22.9 Å². The van der Waals surface area contributed by atoms with Gasteiger partial charge in [0.2, 0.25) is 0 Å². The van der Waals surface area contributed by atoms with E-state index < -0.39 is 0 Å². The molecule has 0 fully saturated rings. The van der Waals surface area contributed by atoms with E-state index in [0.717, 1.165) is 5.33 Å². The molecule has 0 aliphatic heterocycles. The van der Waals surface area contributed by atoms with Crippen LogP contribution < -0.4 is 5.76 Å². The first kappa shape index (κ1) is 10.4. The highest BCUT2D eigenvalue weighted by Crippen LogP contribution is 2.11. The molecular weight excluding hydrogens is 260 g/mol. The van der Waals surface area contributed by atoms with Crippen LogP contribution in [0.3, 0.4) is 0 Å². The number of rotatable bonds is 3. The summed E-state index contributed by atoms with van der Waals surface area (Å²) in [6.45, 7) is 2.68. The average Bonchev–Trinajstić information content (AvgIpc) is 2.55. The van der Waals surface area contributed by atoms with Crippen LogP contribution in [0.2, 0.25) is 0 Å². The lowest BCUT2D eigenvalue weighted by Gasteiger charge is -2.06. The minimum Gasteiger partial charge on any atom is -0.406 e. The molecular formula is C10H11BrN2O2. The Kier molecular flexibility index (Phi) is 2.90. The summed E-state index contributed by atoms with van der Waals surface area (Å²) in [5, 5.41) is 0.846. The van der Waals surface area contributed by atoms with Crippen LogP contribution in [0.1, 0.15) is 6.92 Å². The molecule has 2 aromatic rings. The van der Waals surface area contributed by atoms with Crippen LogP contribution in [0.4, 0.5) is 0 Å². The van der Waals surface area contributed by atoms with Gasteiger partial charge in [-0.15, -0.1) is 0 Å².